The van der Waals surface area contributed by atoms with Gasteiger partial charge in [0.25, 0.3) is 0 Å². The predicted molar refractivity (Wildman–Crippen MR) is 79.6 cm³/mol. The lowest BCUT2D eigenvalue weighted by Gasteiger charge is -2.11. The second-order valence-corrected chi connectivity index (χ2v) is 4.81. The highest BCUT2D eigenvalue weighted by Crippen LogP contribution is 2.19. The van der Waals surface area contributed by atoms with E-state index >= 15 is 0 Å². The minimum atomic E-state index is -0.475. The second-order valence-electron chi connectivity index (χ2n) is 4.81. The van der Waals surface area contributed by atoms with E-state index in [1.807, 2.05) is 38.1 Å². The van der Waals surface area contributed by atoms with Gasteiger partial charge in [0.15, 0.2) is 0 Å². The molecule has 2 rings (SSSR count). The van der Waals surface area contributed by atoms with Crippen molar-refractivity contribution in [2.75, 3.05) is 12.4 Å². The zero-order valence-electron chi connectivity index (χ0n) is 12.4. The molecule has 0 atom stereocenters. The van der Waals surface area contributed by atoms with E-state index in [4.69, 9.17) is 9.15 Å². The Bertz CT molecular complexity index is 587. The van der Waals surface area contributed by atoms with Gasteiger partial charge >= 0.3 is 5.97 Å². The van der Waals surface area contributed by atoms with Crippen molar-refractivity contribution >= 4 is 11.7 Å². The molecule has 2 aromatic rings. The topological polar surface area (TPSA) is 60.7 Å². The number of furan rings is 1. The molecule has 0 aliphatic rings. The summed E-state index contributed by atoms with van der Waals surface area (Å²) in [6.07, 6.45) is 1.63. The lowest BCUT2D eigenvalue weighted by Crippen LogP contribution is -2.07. The van der Waals surface area contributed by atoms with Gasteiger partial charge in [-0.15, -0.1) is 0 Å². The van der Waals surface area contributed by atoms with Crippen LogP contribution in [0.1, 0.15) is 30.0 Å². The molecule has 0 bridgehead atoms. The number of carbonyl (C=O) groups excluding carboxylic acids is 1. The summed E-state index contributed by atoms with van der Waals surface area (Å²) >= 11 is 0. The first-order chi connectivity index (χ1) is 10.1. The summed E-state index contributed by atoms with van der Waals surface area (Å²) in [6, 6.07) is 9.40. The van der Waals surface area contributed by atoms with E-state index in [-0.39, 0.29) is 11.9 Å². The van der Waals surface area contributed by atoms with E-state index in [0.29, 0.717) is 6.54 Å². The molecule has 21 heavy (non-hydrogen) atoms. The van der Waals surface area contributed by atoms with Crippen LogP contribution in [-0.2, 0) is 11.3 Å². The molecule has 1 heterocycles. The molecule has 0 spiro atoms. The number of esters is 1. The van der Waals surface area contributed by atoms with Gasteiger partial charge in [-0.3, -0.25) is 0 Å². The molecule has 1 aromatic carbocycles. The standard InChI is InChI=1S/C16H19NO4/c1-11(2)21-14-6-4-13(5-7-14)17-10-12-8-9-20-15(12)16(18)19-3/h4-9,11,17H,10H2,1-3H3. The van der Waals surface area contributed by atoms with E-state index in [2.05, 4.69) is 10.1 Å². The Morgan fingerprint density at radius 2 is 1.95 bits per heavy atom. The van der Waals surface area contributed by atoms with Crippen LogP contribution < -0.4 is 10.1 Å². The molecule has 5 heteroatoms. The summed E-state index contributed by atoms with van der Waals surface area (Å²) in [6.45, 7) is 4.45. The fourth-order valence-electron chi connectivity index (χ4n) is 1.87. The number of hydrogen-bond acceptors (Lipinski definition) is 5. The first-order valence-electron chi connectivity index (χ1n) is 6.75. The molecule has 0 aliphatic carbocycles. The van der Waals surface area contributed by atoms with Gasteiger partial charge in [0.1, 0.15) is 5.75 Å². The van der Waals surface area contributed by atoms with Gasteiger partial charge < -0.3 is 19.2 Å². The van der Waals surface area contributed by atoms with E-state index in [1.165, 1.54) is 13.4 Å². The van der Waals surface area contributed by atoms with E-state index in [0.717, 1.165) is 17.0 Å². The average Bonchev–Trinajstić information content (AvgIpc) is 2.93. The molecule has 1 aromatic heterocycles. The van der Waals surface area contributed by atoms with Crippen LogP contribution in [0.5, 0.6) is 5.75 Å². The summed E-state index contributed by atoms with van der Waals surface area (Å²) < 4.78 is 15.4. The summed E-state index contributed by atoms with van der Waals surface area (Å²) in [7, 11) is 1.33. The summed E-state index contributed by atoms with van der Waals surface area (Å²) in [5.74, 6) is 0.580. The van der Waals surface area contributed by atoms with Crippen molar-refractivity contribution in [3.8, 4) is 5.75 Å². The molecule has 0 radical (unpaired) electrons. The Morgan fingerprint density at radius 1 is 1.24 bits per heavy atom. The molecule has 0 saturated carbocycles. The highest BCUT2D eigenvalue weighted by molar-refractivity contribution is 5.87. The first kappa shape index (κ1) is 15.0. The Labute approximate surface area is 123 Å². The van der Waals surface area contributed by atoms with Gasteiger partial charge in [-0.05, 0) is 44.2 Å². The number of benzene rings is 1. The molecular weight excluding hydrogens is 270 g/mol. The van der Waals surface area contributed by atoms with Gasteiger partial charge in [-0.1, -0.05) is 0 Å². The molecule has 5 nitrogen and oxygen atoms in total. The van der Waals surface area contributed by atoms with Crippen molar-refractivity contribution in [1.29, 1.82) is 0 Å². The van der Waals surface area contributed by atoms with Crippen LogP contribution in [0.3, 0.4) is 0 Å². The fraction of sp³-hybridized carbons (Fsp3) is 0.312. The minimum Gasteiger partial charge on any atom is -0.491 e. The third kappa shape index (κ3) is 4.02. The summed E-state index contributed by atoms with van der Waals surface area (Å²) in [5, 5.41) is 3.22. The Kier molecular flexibility index (Phi) is 4.87. The monoisotopic (exact) mass is 289 g/mol. The molecule has 112 valence electrons. The van der Waals surface area contributed by atoms with Crippen molar-refractivity contribution < 1.29 is 18.7 Å². The van der Waals surface area contributed by atoms with E-state index in [1.54, 1.807) is 6.07 Å². The Balaban J connectivity index is 1.97. The van der Waals surface area contributed by atoms with Crippen LogP contribution in [-0.4, -0.2) is 19.2 Å². The smallest absolute Gasteiger partial charge is 0.374 e. The lowest BCUT2D eigenvalue weighted by atomic mass is 10.2. The zero-order valence-corrected chi connectivity index (χ0v) is 12.4. The van der Waals surface area contributed by atoms with Crippen molar-refractivity contribution in [2.24, 2.45) is 0 Å². The lowest BCUT2D eigenvalue weighted by molar-refractivity contribution is 0.0563. The van der Waals surface area contributed by atoms with Gasteiger partial charge in [-0.25, -0.2) is 4.79 Å². The number of methoxy groups -OCH3 is 1. The Hall–Kier alpha value is -2.43. The van der Waals surface area contributed by atoms with Gasteiger partial charge in [0.2, 0.25) is 5.76 Å². The molecule has 0 saturated heterocycles. The molecule has 0 amide bonds. The van der Waals surface area contributed by atoms with Crippen molar-refractivity contribution in [2.45, 2.75) is 26.5 Å². The summed E-state index contributed by atoms with van der Waals surface area (Å²) in [5.41, 5.74) is 1.69. The molecule has 0 aliphatic heterocycles. The number of ether oxygens (including phenoxy) is 2. The maximum absolute atomic E-state index is 11.5. The normalized spacial score (nSPS) is 10.5. The van der Waals surface area contributed by atoms with Crippen LogP contribution in [0.25, 0.3) is 0 Å². The maximum Gasteiger partial charge on any atom is 0.374 e. The van der Waals surface area contributed by atoms with Crippen LogP contribution in [0.2, 0.25) is 0 Å². The molecule has 0 fully saturated rings. The predicted octanol–water partition coefficient (Wildman–Crippen LogP) is 3.47. The number of nitrogens with one attached hydrogen (secondary N) is 1. The second kappa shape index (κ2) is 6.83. The minimum absolute atomic E-state index is 0.150. The highest BCUT2D eigenvalue weighted by Gasteiger charge is 2.15. The van der Waals surface area contributed by atoms with Gasteiger partial charge in [0, 0.05) is 17.8 Å². The van der Waals surface area contributed by atoms with Crippen LogP contribution in [0, 0.1) is 0 Å². The SMILES string of the molecule is COC(=O)c1occc1CNc1ccc(OC(C)C)cc1. The maximum atomic E-state index is 11.5. The van der Waals surface area contributed by atoms with Crippen molar-refractivity contribution in [3.05, 3.63) is 47.9 Å². The highest BCUT2D eigenvalue weighted by atomic mass is 16.5. The van der Waals surface area contributed by atoms with Crippen molar-refractivity contribution in [3.63, 3.8) is 0 Å². The largest absolute Gasteiger partial charge is 0.491 e. The fourth-order valence-corrected chi connectivity index (χ4v) is 1.87. The number of rotatable bonds is 6. The first-order valence-corrected chi connectivity index (χ1v) is 6.75. The van der Waals surface area contributed by atoms with Gasteiger partial charge in [-0.2, -0.15) is 0 Å². The quantitative estimate of drug-likeness (QED) is 0.825. The number of anilines is 1. The molecule has 1 N–H and O–H groups in total. The Morgan fingerprint density at radius 3 is 2.57 bits per heavy atom. The van der Waals surface area contributed by atoms with E-state index in [9.17, 15) is 4.79 Å². The van der Waals surface area contributed by atoms with Crippen LogP contribution >= 0.6 is 0 Å². The van der Waals surface area contributed by atoms with Crippen LogP contribution in [0.15, 0.2) is 41.0 Å². The van der Waals surface area contributed by atoms with Crippen LogP contribution in [0.4, 0.5) is 5.69 Å². The van der Waals surface area contributed by atoms with E-state index < -0.39 is 5.97 Å². The molecular formula is C16H19NO4. The van der Waals surface area contributed by atoms with Crippen molar-refractivity contribution in [1.82, 2.24) is 0 Å². The third-order valence-corrected chi connectivity index (χ3v) is 2.83. The zero-order chi connectivity index (χ0) is 15.2. The molecule has 0 unspecified atom stereocenters. The van der Waals surface area contributed by atoms with Gasteiger partial charge in [0.05, 0.1) is 19.5 Å². The number of hydrogen-bond donors (Lipinski definition) is 1. The summed E-state index contributed by atoms with van der Waals surface area (Å²) in [4.78, 5) is 11.5. The average molecular weight is 289 g/mol. The third-order valence-electron chi connectivity index (χ3n) is 2.83. The number of carbonyl (C=O) groups is 1.